The molecule has 6 nitrogen and oxygen atoms in total. The zero-order valence-corrected chi connectivity index (χ0v) is 14.7. The van der Waals surface area contributed by atoms with Crippen molar-refractivity contribution in [2.45, 2.75) is 33.1 Å². The van der Waals surface area contributed by atoms with E-state index in [1.54, 1.807) is 17.0 Å². The molecule has 0 aliphatic carbocycles. The van der Waals surface area contributed by atoms with Crippen molar-refractivity contribution < 1.29 is 14.3 Å². The van der Waals surface area contributed by atoms with Gasteiger partial charge in [-0.15, -0.1) is 0 Å². The quantitative estimate of drug-likeness (QED) is 0.868. The van der Waals surface area contributed by atoms with Crippen LogP contribution in [-0.2, 0) is 9.53 Å². The van der Waals surface area contributed by atoms with Gasteiger partial charge in [-0.1, -0.05) is 12.1 Å². The number of aromatic amines is 1. The molecule has 1 N–H and O–H groups in total. The number of hydrogen-bond donors (Lipinski definition) is 1. The predicted octanol–water partition coefficient (Wildman–Crippen LogP) is 2.86. The number of aromatic nitrogens is 2. The Balaban J connectivity index is 1.58. The summed E-state index contributed by atoms with van der Waals surface area (Å²) in [5.41, 5.74) is 3.30. The highest BCUT2D eigenvalue weighted by atomic mass is 16.5. The number of hydrogen-bond acceptors (Lipinski definition) is 4. The van der Waals surface area contributed by atoms with Crippen molar-refractivity contribution in [2.75, 3.05) is 19.7 Å². The normalized spacial score (nSPS) is 14.4. The second-order valence-corrected chi connectivity index (χ2v) is 6.39. The Hall–Kier alpha value is -2.63. The molecule has 1 aliphatic rings. The van der Waals surface area contributed by atoms with E-state index in [1.807, 2.05) is 26.0 Å². The molecule has 2 aromatic rings. The van der Waals surface area contributed by atoms with Gasteiger partial charge in [-0.05, 0) is 45.2 Å². The van der Waals surface area contributed by atoms with E-state index in [-0.39, 0.29) is 12.5 Å². The van der Waals surface area contributed by atoms with Gasteiger partial charge in [-0.2, -0.15) is 0 Å². The molecule has 2 heterocycles. The first-order valence-electron chi connectivity index (χ1n) is 8.63. The van der Waals surface area contributed by atoms with E-state index in [0.717, 1.165) is 55.1 Å². The maximum absolute atomic E-state index is 12.1. The van der Waals surface area contributed by atoms with Gasteiger partial charge in [0, 0.05) is 24.3 Å². The van der Waals surface area contributed by atoms with Gasteiger partial charge < -0.3 is 14.6 Å². The molecule has 0 saturated carbocycles. The standard InChI is InChI=1S/C19H23N3O3/c1-13-14(2)21-18(20-13)15-6-8-16(9-7-15)19(24)25-12-17(23)22-10-4-3-5-11-22/h6-9H,3-5,10-12H2,1-2H3,(H,20,21). The van der Waals surface area contributed by atoms with Gasteiger partial charge in [-0.3, -0.25) is 4.79 Å². The molecule has 132 valence electrons. The summed E-state index contributed by atoms with van der Waals surface area (Å²) in [7, 11) is 0. The number of imidazole rings is 1. The van der Waals surface area contributed by atoms with Gasteiger partial charge in [0.1, 0.15) is 5.82 Å². The molecule has 3 rings (SSSR count). The number of aryl methyl sites for hydroxylation is 2. The number of ether oxygens (including phenoxy) is 1. The van der Waals surface area contributed by atoms with Gasteiger partial charge in [0.05, 0.1) is 11.3 Å². The molecule has 1 saturated heterocycles. The van der Waals surface area contributed by atoms with Crippen LogP contribution in [-0.4, -0.2) is 46.4 Å². The predicted molar refractivity (Wildman–Crippen MR) is 94.2 cm³/mol. The van der Waals surface area contributed by atoms with Crippen LogP contribution in [0.3, 0.4) is 0 Å². The van der Waals surface area contributed by atoms with E-state index in [1.165, 1.54) is 0 Å². The number of likely N-dealkylation sites (tertiary alicyclic amines) is 1. The fourth-order valence-electron chi connectivity index (χ4n) is 2.89. The van der Waals surface area contributed by atoms with E-state index >= 15 is 0 Å². The highest BCUT2D eigenvalue weighted by molar-refractivity contribution is 5.91. The van der Waals surface area contributed by atoms with Gasteiger partial charge in [0.25, 0.3) is 5.91 Å². The Kier molecular flexibility index (Phi) is 5.16. The Morgan fingerprint density at radius 2 is 1.80 bits per heavy atom. The van der Waals surface area contributed by atoms with Crippen molar-refractivity contribution in [1.82, 2.24) is 14.9 Å². The van der Waals surface area contributed by atoms with Crippen LogP contribution in [0.4, 0.5) is 0 Å². The summed E-state index contributed by atoms with van der Waals surface area (Å²) in [4.78, 5) is 33.6. The van der Waals surface area contributed by atoms with Gasteiger partial charge in [0.15, 0.2) is 6.61 Å². The summed E-state index contributed by atoms with van der Waals surface area (Å²) >= 11 is 0. The van der Waals surface area contributed by atoms with Crippen molar-refractivity contribution in [3.8, 4) is 11.4 Å². The Morgan fingerprint density at radius 3 is 2.40 bits per heavy atom. The molecule has 1 aromatic carbocycles. The average molecular weight is 341 g/mol. The minimum absolute atomic E-state index is 0.119. The lowest BCUT2D eigenvalue weighted by Crippen LogP contribution is -2.38. The van der Waals surface area contributed by atoms with Crippen molar-refractivity contribution >= 4 is 11.9 Å². The van der Waals surface area contributed by atoms with Crippen LogP contribution >= 0.6 is 0 Å². The van der Waals surface area contributed by atoms with E-state index in [2.05, 4.69) is 9.97 Å². The monoisotopic (exact) mass is 341 g/mol. The largest absolute Gasteiger partial charge is 0.452 e. The zero-order chi connectivity index (χ0) is 17.8. The summed E-state index contributed by atoms with van der Waals surface area (Å²) in [6, 6.07) is 7.02. The number of esters is 1. The second-order valence-electron chi connectivity index (χ2n) is 6.39. The number of H-pyrrole nitrogens is 1. The zero-order valence-electron chi connectivity index (χ0n) is 14.7. The Morgan fingerprint density at radius 1 is 1.12 bits per heavy atom. The molecule has 0 spiro atoms. The van der Waals surface area contributed by atoms with Gasteiger partial charge in [-0.25, -0.2) is 9.78 Å². The molecular weight excluding hydrogens is 318 g/mol. The van der Waals surface area contributed by atoms with Crippen LogP contribution in [0.1, 0.15) is 41.0 Å². The Bertz CT molecular complexity index is 739. The van der Waals surface area contributed by atoms with Crippen LogP contribution in [0.2, 0.25) is 0 Å². The minimum Gasteiger partial charge on any atom is -0.452 e. The summed E-state index contributed by atoms with van der Waals surface area (Å²) < 4.78 is 5.16. The number of nitrogens with one attached hydrogen (secondary N) is 1. The first kappa shape index (κ1) is 17.2. The van der Waals surface area contributed by atoms with Crippen molar-refractivity contribution in [2.24, 2.45) is 0 Å². The smallest absolute Gasteiger partial charge is 0.338 e. The molecule has 0 atom stereocenters. The highest BCUT2D eigenvalue weighted by Crippen LogP contribution is 2.18. The lowest BCUT2D eigenvalue weighted by Gasteiger charge is -2.26. The van der Waals surface area contributed by atoms with Crippen LogP contribution in [0, 0.1) is 13.8 Å². The van der Waals surface area contributed by atoms with Crippen LogP contribution < -0.4 is 0 Å². The fraction of sp³-hybridized carbons (Fsp3) is 0.421. The first-order chi connectivity index (χ1) is 12.0. The second kappa shape index (κ2) is 7.51. The lowest BCUT2D eigenvalue weighted by atomic mass is 10.1. The highest BCUT2D eigenvalue weighted by Gasteiger charge is 2.18. The number of piperidine rings is 1. The summed E-state index contributed by atoms with van der Waals surface area (Å²) in [5, 5.41) is 0. The lowest BCUT2D eigenvalue weighted by molar-refractivity contribution is -0.135. The SMILES string of the molecule is Cc1nc(-c2ccc(C(=O)OCC(=O)N3CCCCC3)cc2)[nH]c1C. The number of carbonyl (C=O) groups excluding carboxylic acids is 2. The molecule has 25 heavy (non-hydrogen) atoms. The number of carbonyl (C=O) groups is 2. The number of amides is 1. The molecule has 1 aliphatic heterocycles. The molecule has 0 bridgehead atoms. The molecule has 0 radical (unpaired) electrons. The third-order valence-electron chi connectivity index (χ3n) is 4.56. The third kappa shape index (κ3) is 4.07. The van der Waals surface area contributed by atoms with Crippen LogP contribution in [0.5, 0.6) is 0 Å². The molecule has 6 heteroatoms. The maximum atomic E-state index is 12.1. The maximum Gasteiger partial charge on any atom is 0.338 e. The van der Waals surface area contributed by atoms with Gasteiger partial charge >= 0.3 is 5.97 Å². The number of benzene rings is 1. The van der Waals surface area contributed by atoms with E-state index in [0.29, 0.717) is 5.56 Å². The van der Waals surface area contributed by atoms with E-state index in [4.69, 9.17) is 4.74 Å². The third-order valence-corrected chi connectivity index (χ3v) is 4.56. The average Bonchev–Trinajstić information content (AvgIpc) is 2.99. The minimum atomic E-state index is -0.483. The molecule has 0 unspecified atom stereocenters. The van der Waals surface area contributed by atoms with Crippen LogP contribution in [0.15, 0.2) is 24.3 Å². The number of nitrogens with zero attached hydrogens (tertiary/aromatic N) is 2. The summed E-state index contributed by atoms with van der Waals surface area (Å²) in [6.07, 6.45) is 3.20. The first-order valence-corrected chi connectivity index (χ1v) is 8.63. The van der Waals surface area contributed by atoms with Crippen LogP contribution in [0.25, 0.3) is 11.4 Å². The van der Waals surface area contributed by atoms with Gasteiger partial charge in [0.2, 0.25) is 0 Å². The van der Waals surface area contributed by atoms with E-state index < -0.39 is 5.97 Å². The van der Waals surface area contributed by atoms with Crippen molar-refractivity contribution in [3.05, 3.63) is 41.2 Å². The summed E-state index contributed by atoms with van der Waals surface area (Å²) in [5.74, 6) is 0.171. The molecular formula is C19H23N3O3. The van der Waals surface area contributed by atoms with Crippen molar-refractivity contribution in [3.63, 3.8) is 0 Å². The van der Waals surface area contributed by atoms with Crippen molar-refractivity contribution in [1.29, 1.82) is 0 Å². The fourth-order valence-corrected chi connectivity index (χ4v) is 2.89. The molecule has 1 amide bonds. The topological polar surface area (TPSA) is 75.3 Å². The molecule has 1 aromatic heterocycles. The summed E-state index contributed by atoms with van der Waals surface area (Å²) in [6.45, 7) is 5.23. The molecule has 1 fully saturated rings. The number of rotatable bonds is 4. The van der Waals surface area contributed by atoms with E-state index in [9.17, 15) is 9.59 Å². The Labute approximate surface area is 147 Å².